The molecule has 2 nitrogen and oxygen atoms in total. The monoisotopic (exact) mass is 350 g/mol. The van der Waals surface area contributed by atoms with Crippen LogP contribution in [0.25, 0.3) is 11.4 Å². The molecule has 0 saturated carbocycles. The van der Waals surface area contributed by atoms with Gasteiger partial charge < -0.3 is 0 Å². The van der Waals surface area contributed by atoms with Crippen LogP contribution in [-0.2, 0) is 0 Å². The topological polar surface area (TPSA) is 25.8 Å². The maximum absolute atomic E-state index is 5.97. The Balaban J connectivity index is 2.57. The summed E-state index contributed by atoms with van der Waals surface area (Å²) in [7, 11) is 0. The molecule has 1 aromatic carbocycles. The van der Waals surface area contributed by atoms with Crippen LogP contribution in [0, 0.1) is 6.92 Å². The quantitative estimate of drug-likeness (QED) is 0.661. The molecule has 0 N–H and O–H groups in total. The second-order valence-corrected chi connectivity index (χ2v) is 5.36. The zero-order valence-electron chi connectivity index (χ0n) is 8.64. The van der Waals surface area contributed by atoms with Crippen molar-refractivity contribution in [1.29, 1.82) is 0 Å². The lowest BCUT2D eigenvalue weighted by atomic mass is 10.2. The minimum atomic E-state index is 0.353. The summed E-state index contributed by atoms with van der Waals surface area (Å²) >= 11 is 21.2. The highest BCUT2D eigenvalue weighted by atomic mass is 79.9. The second-order valence-electron chi connectivity index (χ2n) is 3.38. The average molecular weight is 352 g/mol. The van der Waals surface area contributed by atoms with Gasteiger partial charge in [0.15, 0.2) is 5.82 Å². The van der Waals surface area contributed by atoms with Crippen LogP contribution < -0.4 is 0 Å². The standard InChI is InChI=1S/C11H6BrCl3N2/c1-5-9(14)16-11(17-10(5)15)6-2-3-8(13)7(12)4-6/h2-4H,1H3. The molecule has 88 valence electrons. The molecule has 1 heterocycles. The summed E-state index contributed by atoms with van der Waals surface area (Å²) in [5.41, 5.74) is 1.47. The predicted octanol–water partition coefficient (Wildman–Crippen LogP) is 5.17. The third-order valence-electron chi connectivity index (χ3n) is 2.20. The van der Waals surface area contributed by atoms with Crippen LogP contribution in [0.5, 0.6) is 0 Å². The molecule has 2 rings (SSSR count). The predicted molar refractivity (Wildman–Crippen MR) is 74.9 cm³/mol. The van der Waals surface area contributed by atoms with Crippen molar-refractivity contribution in [3.8, 4) is 11.4 Å². The van der Waals surface area contributed by atoms with E-state index in [2.05, 4.69) is 25.9 Å². The van der Waals surface area contributed by atoms with E-state index in [1.165, 1.54) is 0 Å². The molecule has 0 aliphatic rings. The first-order chi connectivity index (χ1) is 7.99. The van der Waals surface area contributed by atoms with Crippen LogP contribution in [-0.4, -0.2) is 9.97 Å². The number of rotatable bonds is 1. The minimum Gasteiger partial charge on any atom is -0.216 e. The van der Waals surface area contributed by atoms with Crippen molar-refractivity contribution in [3.05, 3.63) is 43.6 Å². The number of benzene rings is 1. The van der Waals surface area contributed by atoms with E-state index in [1.807, 2.05) is 12.1 Å². The van der Waals surface area contributed by atoms with Crippen molar-refractivity contribution < 1.29 is 0 Å². The van der Waals surface area contributed by atoms with Crippen LogP contribution >= 0.6 is 50.7 Å². The molecule has 0 atom stereocenters. The highest BCUT2D eigenvalue weighted by Crippen LogP contribution is 2.29. The van der Waals surface area contributed by atoms with Crippen LogP contribution in [0.3, 0.4) is 0 Å². The number of nitrogens with zero attached hydrogens (tertiary/aromatic N) is 2. The van der Waals surface area contributed by atoms with Crippen LogP contribution in [0.2, 0.25) is 15.3 Å². The summed E-state index contributed by atoms with van der Waals surface area (Å²) in [6.07, 6.45) is 0. The third-order valence-corrected chi connectivity index (χ3v) is 4.15. The van der Waals surface area contributed by atoms with E-state index in [-0.39, 0.29) is 0 Å². The van der Waals surface area contributed by atoms with Gasteiger partial charge in [0.2, 0.25) is 0 Å². The zero-order valence-corrected chi connectivity index (χ0v) is 12.5. The first kappa shape index (κ1) is 13.1. The van der Waals surface area contributed by atoms with Gasteiger partial charge in [-0.1, -0.05) is 34.8 Å². The normalized spacial score (nSPS) is 10.6. The van der Waals surface area contributed by atoms with Gasteiger partial charge in [-0.3, -0.25) is 0 Å². The van der Waals surface area contributed by atoms with Gasteiger partial charge in [0.05, 0.1) is 5.02 Å². The molecule has 1 aromatic heterocycles. The average Bonchev–Trinajstić information content (AvgIpc) is 2.29. The summed E-state index contributed by atoms with van der Waals surface area (Å²) in [6, 6.07) is 5.38. The minimum absolute atomic E-state index is 0.353. The fourth-order valence-corrected chi connectivity index (χ4v) is 2.11. The molecular formula is C11H6BrCl3N2. The Kier molecular flexibility index (Phi) is 3.93. The summed E-state index contributed by atoms with van der Waals surface area (Å²) < 4.78 is 0.771. The van der Waals surface area contributed by atoms with Crippen molar-refractivity contribution in [3.63, 3.8) is 0 Å². The first-order valence-electron chi connectivity index (χ1n) is 4.64. The van der Waals surface area contributed by atoms with Crippen molar-refractivity contribution in [2.75, 3.05) is 0 Å². The van der Waals surface area contributed by atoms with Gasteiger partial charge in [-0.25, -0.2) is 9.97 Å². The van der Waals surface area contributed by atoms with E-state index < -0.39 is 0 Å². The van der Waals surface area contributed by atoms with Crippen molar-refractivity contribution in [1.82, 2.24) is 9.97 Å². The number of halogens is 4. The summed E-state index contributed by atoms with van der Waals surface area (Å²) in [5.74, 6) is 0.475. The number of hydrogen-bond acceptors (Lipinski definition) is 2. The summed E-state index contributed by atoms with van der Waals surface area (Å²) in [5, 5.41) is 1.33. The van der Waals surface area contributed by atoms with E-state index in [9.17, 15) is 0 Å². The molecule has 2 aromatic rings. The molecule has 6 heteroatoms. The molecule has 0 aliphatic heterocycles. The second kappa shape index (κ2) is 5.11. The van der Waals surface area contributed by atoms with Gasteiger partial charge in [0.1, 0.15) is 10.3 Å². The molecule has 0 spiro atoms. The molecule has 0 bridgehead atoms. The highest BCUT2D eigenvalue weighted by Gasteiger charge is 2.10. The molecule has 0 radical (unpaired) electrons. The van der Waals surface area contributed by atoms with E-state index >= 15 is 0 Å². The lowest BCUT2D eigenvalue weighted by Gasteiger charge is -2.05. The fraction of sp³-hybridized carbons (Fsp3) is 0.0909. The number of aromatic nitrogens is 2. The van der Waals surface area contributed by atoms with Crippen molar-refractivity contribution in [2.45, 2.75) is 6.92 Å². The first-order valence-corrected chi connectivity index (χ1v) is 6.57. The molecule has 17 heavy (non-hydrogen) atoms. The SMILES string of the molecule is Cc1c(Cl)nc(-c2ccc(Cl)c(Br)c2)nc1Cl. The van der Waals surface area contributed by atoms with Gasteiger partial charge in [-0.05, 0) is 41.1 Å². The Bertz CT molecular complexity index is 564. The Morgan fingerprint density at radius 2 is 1.65 bits per heavy atom. The molecular weight excluding hydrogens is 346 g/mol. The van der Waals surface area contributed by atoms with Gasteiger partial charge >= 0.3 is 0 Å². The van der Waals surface area contributed by atoms with Crippen LogP contribution in [0.4, 0.5) is 0 Å². The van der Waals surface area contributed by atoms with E-state index in [4.69, 9.17) is 34.8 Å². The zero-order chi connectivity index (χ0) is 12.6. The Labute approximate surface area is 122 Å². The van der Waals surface area contributed by atoms with Gasteiger partial charge in [-0.2, -0.15) is 0 Å². The molecule has 0 saturated heterocycles. The van der Waals surface area contributed by atoms with Gasteiger partial charge in [0.25, 0.3) is 0 Å². The van der Waals surface area contributed by atoms with E-state index in [0.717, 1.165) is 10.0 Å². The Morgan fingerprint density at radius 1 is 1.06 bits per heavy atom. The third kappa shape index (κ3) is 2.74. The van der Waals surface area contributed by atoms with Crippen molar-refractivity contribution in [2.24, 2.45) is 0 Å². The highest BCUT2D eigenvalue weighted by molar-refractivity contribution is 9.10. The Hall–Kier alpha value is -0.350. The smallest absolute Gasteiger partial charge is 0.162 e. The largest absolute Gasteiger partial charge is 0.216 e. The molecule has 0 unspecified atom stereocenters. The van der Waals surface area contributed by atoms with Gasteiger partial charge in [-0.15, -0.1) is 0 Å². The molecule has 0 fully saturated rings. The summed E-state index contributed by atoms with van der Waals surface area (Å²) in [4.78, 5) is 8.36. The van der Waals surface area contributed by atoms with E-state index in [1.54, 1.807) is 13.0 Å². The fourth-order valence-electron chi connectivity index (χ4n) is 1.23. The van der Waals surface area contributed by atoms with Crippen LogP contribution in [0.1, 0.15) is 5.56 Å². The lowest BCUT2D eigenvalue weighted by Crippen LogP contribution is -1.93. The van der Waals surface area contributed by atoms with Crippen LogP contribution in [0.15, 0.2) is 22.7 Å². The summed E-state index contributed by atoms with van der Waals surface area (Å²) in [6.45, 7) is 1.77. The number of hydrogen-bond donors (Lipinski definition) is 0. The molecule has 0 aliphatic carbocycles. The molecule has 0 amide bonds. The van der Waals surface area contributed by atoms with Gasteiger partial charge in [0, 0.05) is 15.6 Å². The van der Waals surface area contributed by atoms with E-state index in [0.29, 0.717) is 26.7 Å². The maximum atomic E-state index is 5.97. The Morgan fingerprint density at radius 3 is 2.18 bits per heavy atom. The lowest BCUT2D eigenvalue weighted by molar-refractivity contribution is 1.14. The van der Waals surface area contributed by atoms with Crippen molar-refractivity contribution >= 4 is 50.7 Å². The maximum Gasteiger partial charge on any atom is 0.162 e.